The Kier molecular flexibility index (Phi) is 14.7. The number of aromatic nitrogens is 4. The third kappa shape index (κ3) is 8.56. The molecule has 282 valence electrons. The van der Waals surface area contributed by atoms with Gasteiger partial charge in [-0.05, 0) is 70.8 Å². The summed E-state index contributed by atoms with van der Waals surface area (Å²) in [4.78, 5) is 18.3. The van der Waals surface area contributed by atoms with Crippen molar-refractivity contribution in [2.75, 3.05) is 0 Å². The second-order valence-electron chi connectivity index (χ2n) is 12.0. The molecule has 7 aromatic rings. The number of fused-ring (bicyclic) bond motifs is 8. The molecular formula is C52H54N4. The van der Waals surface area contributed by atoms with Crippen molar-refractivity contribution in [3.63, 3.8) is 0 Å². The zero-order valence-electron chi connectivity index (χ0n) is 34.1. The maximum Gasteiger partial charge on any atom is 0.0737 e. The van der Waals surface area contributed by atoms with Gasteiger partial charge in [0.15, 0.2) is 0 Å². The molecule has 0 fully saturated rings. The molecule has 9 rings (SSSR count). The summed E-state index contributed by atoms with van der Waals surface area (Å²) in [7, 11) is 0. The molecule has 2 aliphatic heterocycles. The Morgan fingerprint density at radius 2 is 0.464 bits per heavy atom. The van der Waals surface area contributed by atoms with E-state index in [1.807, 2.05) is 79.7 Å². The Bertz CT molecular complexity index is 2180. The third-order valence-electron chi connectivity index (χ3n) is 9.00. The number of hydrogen-bond donors (Lipinski definition) is 2. The molecule has 0 saturated heterocycles. The van der Waals surface area contributed by atoms with Gasteiger partial charge in [-0.2, -0.15) is 0 Å². The fourth-order valence-corrected chi connectivity index (χ4v) is 6.84. The maximum atomic E-state index is 5.35. The highest BCUT2D eigenvalue weighted by atomic mass is 14.8. The van der Waals surface area contributed by atoms with Crippen molar-refractivity contribution in [2.24, 2.45) is 0 Å². The second kappa shape index (κ2) is 20.2. The molecular weight excluding hydrogens is 681 g/mol. The topological polar surface area (TPSA) is 57.4 Å². The molecule has 4 aromatic carbocycles. The van der Waals surface area contributed by atoms with E-state index in [4.69, 9.17) is 9.97 Å². The van der Waals surface area contributed by atoms with Gasteiger partial charge < -0.3 is 9.97 Å². The monoisotopic (exact) mass is 734 g/mol. The normalized spacial score (nSPS) is 10.7. The van der Waals surface area contributed by atoms with E-state index in [0.717, 1.165) is 89.4 Å². The lowest BCUT2D eigenvalue weighted by Gasteiger charge is -2.07. The van der Waals surface area contributed by atoms with Crippen LogP contribution in [0.25, 0.3) is 90.9 Å². The van der Waals surface area contributed by atoms with Crippen molar-refractivity contribution >= 4 is 46.4 Å². The van der Waals surface area contributed by atoms with Crippen molar-refractivity contribution in [3.05, 3.63) is 168 Å². The van der Waals surface area contributed by atoms with E-state index in [1.165, 1.54) is 0 Å². The summed E-state index contributed by atoms with van der Waals surface area (Å²) >= 11 is 0. The van der Waals surface area contributed by atoms with Gasteiger partial charge in [0.25, 0.3) is 0 Å². The van der Waals surface area contributed by atoms with Gasteiger partial charge in [-0.15, -0.1) is 0 Å². The Labute approximate surface area is 333 Å². The average molecular weight is 735 g/mol. The van der Waals surface area contributed by atoms with Gasteiger partial charge in [0.05, 0.1) is 22.8 Å². The molecule has 0 unspecified atom stereocenters. The van der Waals surface area contributed by atoms with Gasteiger partial charge in [-0.25, -0.2) is 9.97 Å². The quantitative estimate of drug-likeness (QED) is 0.189. The summed E-state index contributed by atoms with van der Waals surface area (Å²) in [5.74, 6) is 0. The smallest absolute Gasteiger partial charge is 0.0737 e. The van der Waals surface area contributed by atoms with Crippen molar-refractivity contribution in [1.29, 1.82) is 0 Å². The van der Waals surface area contributed by atoms with Gasteiger partial charge in [-0.1, -0.05) is 177 Å². The summed E-state index contributed by atoms with van der Waals surface area (Å²) in [5, 5.41) is 0. The van der Waals surface area contributed by atoms with E-state index in [2.05, 4.69) is 156 Å². The molecule has 2 aliphatic rings. The summed E-state index contributed by atoms with van der Waals surface area (Å²) in [5.41, 5.74) is 16.2. The first kappa shape index (κ1) is 40.7. The fourth-order valence-electron chi connectivity index (χ4n) is 6.84. The minimum atomic E-state index is 0.906. The molecule has 4 nitrogen and oxygen atoms in total. The lowest BCUT2D eigenvalue weighted by atomic mass is 10.0. The number of nitrogens with zero attached hydrogens (tertiary/aromatic N) is 2. The Hall–Kier alpha value is -6.52. The number of benzene rings is 4. The predicted molar refractivity (Wildman–Crippen MR) is 246 cm³/mol. The van der Waals surface area contributed by atoms with Crippen LogP contribution < -0.4 is 0 Å². The SMILES string of the molecule is C1=Cc2nc1c(-c1ccccc1)c1ccc([nH]1)c(-c1ccccc1)c1nc(c(-c3ccccc3)c3ccc([nH]3)c2-c2ccccc2)C=C1.CC.CC.CC.CC. The number of aromatic amines is 2. The van der Waals surface area contributed by atoms with Gasteiger partial charge >= 0.3 is 0 Å². The van der Waals surface area contributed by atoms with Crippen LogP contribution in [0.5, 0.6) is 0 Å². The second-order valence-corrected chi connectivity index (χ2v) is 12.0. The highest BCUT2D eigenvalue weighted by Crippen LogP contribution is 2.38. The van der Waals surface area contributed by atoms with Gasteiger partial charge in [0.2, 0.25) is 0 Å². The van der Waals surface area contributed by atoms with Crippen LogP contribution in [0.2, 0.25) is 0 Å². The Balaban J connectivity index is 0.000000707. The van der Waals surface area contributed by atoms with E-state index in [9.17, 15) is 0 Å². The van der Waals surface area contributed by atoms with E-state index >= 15 is 0 Å². The van der Waals surface area contributed by atoms with Crippen LogP contribution in [0.1, 0.15) is 78.2 Å². The number of rotatable bonds is 4. The van der Waals surface area contributed by atoms with Crippen molar-refractivity contribution in [2.45, 2.75) is 55.4 Å². The Morgan fingerprint density at radius 3 is 0.661 bits per heavy atom. The molecule has 8 bridgehead atoms. The summed E-state index contributed by atoms with van der Waals surface area (Å²) in [6.45, 7) is 16.0. The van der Waals surface area contributed by atoms with Crippen molar-refractivity contribution in [1.82, 2.24) is 19.9 Å². The molecule has 0 radical (unpaired) electrons. The highest BCUT2D eigenvalue weighted by Gasteiger charge is 2.18. The highest BCUT2D eigenvalue weighted by molar-refractivity contribution is 5.99. The van der Waals surface area contributed by atoms with E-state index in [0.29, 0.717) is 0 Å². The van der Waals surface area contributed by atoms with Crippen LogP contribution in [0.15, 0.2) is 146 Å². The van der Waals surface area contributed by atoms with Gasteiger partial charge in [-0.3, -0.25) is 0 Å². The maximum absolute atomic E-state index is 5.35. The van der Waals surface area contributed by atoms with Crippen LogP contribution in [-0.4, -0.2) is 19.9 Å². The summed E-state index contributed by atoms with van der Waals surface area (Å²) < 4.78 is 0. The number of nitrogens with one attached hydrogen (secondary N) is 2. The molecule has 0 aliphatic carbocycles. The molecule has 0 amide bonds. The minimum Gasteiger partial charge on any atom is -0.354 e. The average Bonchev–Trinajstić information content (AvgIpc) is 4.14. The van der Waals surface area contributed by atoms with Crippen LogP contribution >= 0.6 is 0 Å². The van der Waals surface area contributed by atoms with E-state index in [-0.39, 0.29) is 0 Å². The molecule has 4 heteroatoms. The lowest BCUT2D eigenvalue weighted by Crippen LogP contribution is -1.89. The minimum absolute atomic E-state index is 0.906. The fraction of sp³-hybridized carbons (Fsp3) is 0.154. The molecule has 0 spiro atoms. The first-order chi connectivity index (χ1) is 27.8. The van der Waals surface area contributed by atoms with Gasteiger partial charge in [0.1, 0.15) is 0 Å². The van der Waals surface area contributed by atoms with Crippen LogP contribution in [0, 0.1) is 0 Å². The first-order valence-corrected chi connectivity index (χ1v) is 20.2. The Morgan fingerprint density at radius 1 is 0.268 bits per heavy atom. The zero-order valence-corrected chi connectivity index (χ0v) is 34.1. The molecule has 0 saturated carbocycles. The van der Waals surface area contributed by atoms with E-state index in [1.54, 1.807) is 0 Å². The van der Waals surface area contributed by atoms with Crippen LogP contribution in [0.4, 0.5) is 0 Å². The standard InChI is InChI=1S/C44H30N4.4C2H6/c1-5-13-29(14-6-1)41-33-21-23-35(45-33)42(30-15-7-2-8-16-30)37-25-27-39(47-37)44(32-19-11-4-12-20-32)40-28-26-38(48-40)43(31-17-9-3-10-18-31)36-24-22-34(41)46-36;4*1-2/h1-28,45,48H;4*1-2H3. The van der Waals surface area contributed by atoms with Crippen LogP contribution in [0.3, 0.4) is 0 Å². The molecule has 56 heavy (non-hydrogen) atoms. The number of H-pyrrole nitrogens is 2. The first-order valence-electron chi connectivity index (χ1n) is 20.2. The summed E-state index contributed by atoms with van der Waals surface area (Å²) in [6.07, 6.45) is 8.54. The van der Waals surface area contributed by atoms with Gasteiger partial charge in [0, 0.05) is 44.3 Å². The molecule has 2 N–H and O–H groups in total. The van der Waals surface area contributed by atoms with Crippen molar-refractivity contribution < 1.29 is 0 Å². The third-order valence-corrected chi connectivity index (χ3v) is 9.00. The van der Waals surface area contributed by atoms with Crippen molar-refractivity contribution in [3.8, 4) is 44.5 Å². The molecule has 5 heterocycles. The zero-order chi connectivity index (χ0) is 39.9. The van der Waals surface area contributed by atoms with E-state index < -0.39 is 0 Å². The summed E-state index contributed by atoms with van der Waals surface area (Å²) in [6, 6.07) is 50.7. The largest absolute Gasteiger partial charge is 0.354 e. The predicted octanol–water partition coefficient (Wildman–Crippen LogP) is 15.4. The lowest BCUT2D eigenvalue weighted by molar-refractivity contribution is 1.31. The number of hydrogen-bond acceptors (Lipinski definition) is 2. The molecule has 0 atom stereocenters. The molecule has 3 aromatic heterocycles. The van der Waals surface area contributed by atoms with Crippen LogP contribution in [-0.2, 0) is 0 Å².